The molecule has 0 amide bonds. The molecule has 0 spiro atoms. The van der Waals surface area contributed by atoms with Gasteiger partial charge in [0.1, 0.15) is 12.4 Å². The Labute approximate surface area is 140 Å². The molecular formula is C12H16Br2N2O4S. The standard InChI is InChI=1S/C12H16Br2N2O4S/c13-10-7-9(21(15,17)18)8-11(14)12(10)20-6-3-16-1-4-19-5-2-16/h7-8H,1-6H2,(H2,15,17,18). The summed E-state index contributed by atoms with van der Waals surface area (Å²) in [5.41, 5.74) is 0. The van der Waals surface area contributed by atoms with Gasteiger partial charge in [-0.05, 0) is 44.0 Å². The van der Waals surface area contributed by atoms with Crippen molar-refractivity contribution in [1.82, 2.24) is 4.90 Å². The van der Waals surface area contributed by atoms with Gasteiger partial charge in [-0.3, -0.25) is 4.90 Å². The molecule has 1 aromatic rings. The first-order valence-electron chi connectivity index (χ1n) is 6.32. The van der Waals surface area contributed by atoms with Crippen LogP contribution in [-0.2, 0) is 14.8 Å². The number of benzene rings is 1. The molecule has 6 nitrogen and oxygen atoms in total. The molecule has 0 unspecified atom stereocenters. The first kappa shape index (κ1) is 17.2. The van der Waals surface area contributed by atoms with E-state index in [0.717, 1.165) is 32.8 Å². The highest BCUT2D eigenvalue weighted by molar-refractivity contribution is 9.11. The highest BCUT2D eigenvalue weighted by atomic mass is 79.9. The molecule has 1 aromatic carbocycles. The molecule has 0 aliphatic carbocycles. The second-order valence-electron chi connectivity index (χ2n) is 4.56. The van der Waals surface area contributed by atoms with E-state index in [1.54, 1.807) is 0 Å². The van der Waals surface area contributed by atoms with Gasteiger partial charge in [0.25, 0.3) is 0 Å². The van der Waals surface area contributed by atoms with Gasteiger partial charge < -0.3 is 9.47 Å². The van der Waals surface area contributed by atoms with E-state index in [0.29, 0.717) is 21.3 Å². The lowest BCUT2D eigenvalue weighted by Crippen LogP contribution is -2.38. The van der Waals surface area contributed by atoms with E-state index >= 15 is 0 Å². The molecule has 2 rings (SSSR count). The molecular weight excluding hydrogens is 428 g/mol. The first-order valence-corrected chi connectivity index (χ1v) is 9.46. The third kappa shape index (κ3) is 4.90. The van der Waals surface area contributed by atoms with Crippen molar-refractivity contribution in [3.63, 3.8) is 0 Å². The number of hydrogen-bond donors (Lipinski definition) is 1. The molecule has 1 aliphatic rings. The first-order chi connectivity index (χ1) is 9.88. The number of nitrogens with zero attached hydrogens (tertiary/aromatic N) is 1. The van der Waals surface area contributed by atoms with Crippen LogP contribution in [0.1, 0.15) is 0 Å². The monoisotopic (exact) mass is 442 g/mol. The van der Waals surface area contributed by atoms with Crippen molar-refractivity contribution < 1.29 is 17.9 Å². The molecule has 0 saturated carbocycles. The van der Waals surface area contributed by atoms with Crippen molar-refractivity contribution >= 4 is 41.9 Å². The van der Waals surface area contributed by atoms with Crippen molar-refractivity contribution in [2.24, 2.45) is 5.14 Å². The van der Waals surface area contributed by atoms with Crippen molar-refractivity contribution in [3.8, 4) is 5.75 Å². The second kappa shape index (κ2) is 7.38. The predicted molar refractivity (Wildman–Crippen MR) is 86.0 cm³/mol. The van der Waals surface area contributed by atoms with Crippen LogP contribution >= 0.6 is 31.9 Å². The predicted octanol–water partition coefficient (Wildman–Crippen LogP) is 1.57. The van der Waals surface area contributed by atoms with Crippen LogP contribution in [-0.4, -0.2) is 52.8 Å². The van der Waals surface area contributed by atoms with Gasteiger partial charge >= 0.3 is 0 Å². The lowest BCUT2D eigenvalue weighted by Gasteiger charge is -2.26. The van der Waals surface area contributed by atoms with Gasteiger partial charge in [0.05, 0.1) is 27.1 Å². The Balaban J connectivity index is 2.00. The molecule has 1 saturated heterocycles. The zero-order valence-corrected chi connectivity index (χ0v) is 15.2. The van der Waals surface area contributed by atoms with Crippen LogP contribution in [0.5, 0.6) is 5.75 Å². The maximum Gasteiger partial charge on any atom is 0.238 e. The van der Waals surface area contributed by atoms with E-state index < -0.39 is 10.0 Å². The fraction of sp³-hybridized carbons (Fsp3) is 0.500. The van der Waals surface area contributed by atoms with Crippen molar-refractivity contribution in [1.29, 1.82) is 0 Å². The molecule has 0 radical (unpaired) electrons. The lowest BCUT2D eigenvalue weighted by molar-refractivity contribution is 0.0321. The maximum atomic E-state index is 11.3. The smallest absolute Gasteiger partial charge is 0.238 e. The normalized spacial score (nSPS) is 16.9. The molecule has 2 N–H and O–H groups in total. The lowest BCUT2D eigenvalue weighted by atomic mass is 10.3. The molecule has 118 valence electrons. The van der Waals surface area contributed by atoms with Crippen LogP contribution in [0.4, 0.5) is 0 Å². The van der Waals surface area contributed by atoms with E-state index in [-0.39, 0.29) is 4.90 Å². The number of primary sulfonamides is 1. The fourth-order valence-electron chi connectivity index (χ4n) is 1.94. The highest BCUT2D eigenvalue weighted by Crippen LogP contribution is 2.35. The Morgan fingerprint density at radius 3 is 2.33 bits per heavy atom. The summed E-state index contributed by atoms with van der Waals surface area (Å²) < 4.78 is 34.8. The van der Waals surface area contributed by atoms with Gasteiger partial charge in [-0.15, -0.1) is 0 Å². The van der Waals surface area contributed by atoms with E-state index in [9.17, 15) is 8.42 Å². The van der Waals surface area contributed by atoms with Gasteiger partial charge in [-0.25, -0.2) is 13.6 Å². The van der Waals surface area contributed by atoms with Crippen molar-refractivity contribution in [3.05, 3.63) is 21.1 Å². The molecule has 0 aromatic heterocycles. The summed E-state index contributed by atoms with van der Waals surface area (Å²) in [4.78, 5) is 2.28. The molecule has 1 aliphatic heterocycles. The van der Waals surface area contributed by atoms with Crippen LogP contribution in [0, 0.1) is 0 Å². The molecule has 0 bridgehead atoms. The molecule has 21 heavy (non-hydrogen) atoms. The van der Waals surface area contributed by atoms with Gasteiger partial charge in [-0.2, -0.15) is 0 Å². The Hall–Kier alpha value is -0.190. The van der Waals surface area contributed by atoms with E-state index in [2.05, 4.69) is 36.8 Å². The average molecular weight is 444 g/mol. The summed E-state index contributed by atoms with van der Waals surface area (Å²) >= 11 is 6.62. The Morgan fingerprint density at radius 1 is 1.24 bits per heavy atom. The largest absolute Gasteiger partial charge is 0.490 e. The van der Waals surface area contributed by atoms with E-state index in [1.165, 1.54) is 12.1 Å². The van der Waals surface area contributed by atoms with Crippen LogP contribution in [0.3, 0.4) is 0 Å². The van der Waals surface area contributed by atoms with Crippen LogP contribution in [0.15, 0.2) is 26.0 Å². The Morgan fingerprint density at radius 2 is 1.81 bits per heavy atom. The molecule has 1 heterocycles. The van der Waals surface area contributed by atoms with Crippen molar-refractivity contribution in [2.45, 2.75) is 4.90 Å². The minimum Gasteiger partial charge on any atom is -0.490 e. The van der Waals surface area contributed by atoms with Crippen LogP contribution < -0.4 is 9.88 Å². The van der Waals surface area contributed by atoms with Gasteiger partial charge in [0.2, 0.25) is 10.0 Å². The van der Waals surface area contributed by atoms with Gasteiger partial charge in [-0.1, -0.05) is 0 Å². The summed E-state index contributed by atoms with van der Waals surface area (Å²) in [5, 5.41) is 5.11. The third-order valence-corrected chi connectivity index (χ3v) is 5.13. The van der Waals surface area contributed by atoms with Gasteiger partial charge in [0.15, 0.2) is 0 Å². The Bertz CT molecular complexity index is 580. The number of halogens is 2. The number of ether oxygens (including phenoxy) is 2. The highest BCUT2D eigenvalue weighted by Gasteiger charge is 2.16. The fourth-order valence-corrected chi connectivity index (χ4v) is 4.22. The number of rotatable bonds is 5. The van der Waals surface area contributed by atoms with E-state index in [1.807, 2.05) is 0 Å². The van der Waals surface area contributed by atoms with Crippen LogP contribution in [0.25, 0.3) is 0 Å². The quantitative estimate of drug-likeness (QED) is 0.746. The second-order valence-corrected chi connectivity index (χ2v) is 7.83. The topological polar surface area (TPSA) is 81.9 Å². The molecule has 1 fully saturated rings. The minimum atomic E-state index is -3.74. The minimum absolute atomic E-state index is 0.0294. The number of hydrogen-bond acceptors (Lipinski definition) is 5. The summed E-state index contributed by atoms with van der Waals surface area (Å²) in [6.07, 6.45) is 0. The summed E-state index contributed by atoms with van der Waals surface area (Å²) in [6, 6.07) is 2.87. The summed E-state index contributed by atoms with van der Waals surface area (Å²) in [5.74, 6) is 0.565. The molecule has 0 atom stereocenters. The van der Waals surface area contributed by atoms with E-state index in [4.69, 9.17) is 14.6 Å². The third-order valence-electron chi connectivity index (χ3n) is 3.06. The van der Waals surface area contributed by atoms with Crippen LogP contribution in [0.2, 0.25) is 0 Å². The van der Waals surface area contributed by atoms with Crippen molar-refractivity contribution in [2.75, 3.05) is 39.5 Å². The SMILES string of the molecule is NS(=O)(=O)c1cc(Br)c(OCCN2CCOCC2)c(Br)c1. The Kier molecular flexibility index (Phi) is 6.04. The summed E-state index contributed by atoms with van der Waals surface area (Å²) in [6.45, 7) is 4.59. The molecule has 9 heteroatoms. The maximum absolute atomic E-state index is 11.3. The average Bonchev–Trinajstić information content (AvgIpc) is 2.42. The number of sulfonamides is 1. The van der Waals surface area contributed by atoms with Gasteiger partial charge in [0, 0.05) is 19.6 Å². The zero-order valence-electron chi connectivity index (χ0n) is 11.2. The number of nitrogens with two attached hydrogens (primary N) is 1. The summed E-state index contributed by atoms with van der Waals surface area (Å²) in [7, 11) is -3.74. The number of morpholine rings is 1. The zero-order chi connectivity index (χ0) is 15.5.